The number of hydrogen-bond acceptors (Lipinski definition) is 4. The minimum atomic E-state index is -7.42. The van der Waals surface area contributed by atoms with E-state index in [1.165, 1.54) is 6.07 Å². The summed E-state index contributed by atoms with van der Waals surface area (Å²) >= 11 is 0. The summed E-state index contributed by atoms with van der Waals surface area (Å²) in [6, 6.07) is 27.7. The van der Waals surface area contributed by atoms with Crippen LogP contribution < -0.4 is 8.92 Å². The van der Waals surface area contributed by atoms with Crippen molar-refractivity contribution in [1.82, 2.24) is 0 Å². The number of benzene rings is 4. The number of fused-ring (bicyclic) bond motifs is 1. The molecule has 0 atom stereocenters. The average molecular weight is 687 g/mol. The van der Waals surface area contributed by atoms with E-state index in [-0.39, 0.29) is 12.2 Å². The number of alkyl halides is 9. The molecule has 248 valence electrons. The van der Waals surface area contributed by atoms with Gasteiger partial charge in [-0.15, -0.1) is 0 Å². The fraction of sp³-hybridized carbons (Fsp3) is 0.212. The fourth-order valence-corrected chi connectivity index (χ4v) is 5.96. The van der Waals surface area contributed by atoms with Crippen LogP contribution in [0.25, 0.3) is 11.1 Å². The highest BCUT2D eigenvalue weighted by molar-refractivity contribution is 7.88. The van der Waals surface area contributed by atoms with Gasteiger partial charge in [-0.25, -0.2) is 0 Å². The maximum Gasteiger partial charge on any atom is 0.460 e. The van der Waals surface area contributed by atoms with Gasteiger partial charge in [0.15, 0.2) is 0 Å². The van der Waals surface area contributed by atoms with Crippen molar-refractivity contribution in [2.75, 3.05) is 0 Å². The van der Waals surface area contributed by atoms with Crippen LogP contribution in [0.2, 0.25) is 0 Å². The summed E-state index contributed by atoms with van der Waals surface area (Å²) in [6.45, 7) is 0.282. The highest BCUT2D eigenvalue weighted by atomic mass is 32.2. The maximum absolute atomic E-state index is 14.4. The van der Waals surface area contributed by atoms with Gasteiger partial charge in [-0.3, -0.25) is 0 Å². The Labute approximate surface area is 263 Å². The Kier molecular flexibility index (Phi) is 8.86. The van der Waals surface area contributed by atoms with E-state index >= 15 is 0 Å². The first kappa shape index (κ1) is 33.9. The predicted molar refractivity (Wildman–Crippen MR) is 155 cm³/mol. The van der Waals surface area contributed by atoms with Crippen molar-refractivity contribution in [2.45, 2.75) is 42.7 Å². The van der Waals surface area contributed by atoms with Gasteiger partial charge in [0.25, 0.3) is 0 Å². The van der Waals surface area contributed by atoms with Crippen LogP contribution in [0.15, 0.2) is 103 Å². The van der Waals surface area contributed by atoms with Crippen LogP contribution in [0.1, 0.15) is 34.2 Å². The summed E-state index contributed by atoms with van der Waals surface area (Å²) < 4.78 is 156. The van der Waals surface area contributed by atoms with E-state index in [0.717, 1.165) is 40.5 Å². The molecule has 4 aromatic rings. The Morgan fingerprint density at radius 3 is 1.87 bits per heavy atom. The van der Waals surface area contributed by atoms with Gasteiger partial charge in [0.05, 0.1) is 0 Å². The molecular formula is C33H23F9O4S. The fourth-order valence-electron chi connectivity index (χ4n) is 5.06. The quantitative estimate of drug-likeness (QED) is 0.123. The van der Waals surface area contributed by atoms with E-state index in [1.807, 2.05) is 30.3 Å². The van der Waals surface area contributed by atoms with Gasteiger partial charge >= 0.3 is 33.4 Å². The topological polar surface area (TPSA) is 52.6 Å². The lowest BCUT2D eigenvalue weighted by Gasteiger charge is -2.32. The first-order valence-corrected chi connectivity index (χ1v) is 15.2. The molecule has 0 unspecified atom stereocenters. The Morgan fingerprint density at radius 1 is 0.617 bits per heavy atom. The van der Waals surface area contributed by atoms with Crippen LogP contribution in [0.5, 0.6) is 11.5 Å². The summed E-state index contributed by atoms with van der Waals surface area (Å²) in [5.41, 5.74) is 4.47. The van der Waals surface area contributed by atoms with Crippen molar-refractivity contribution in [3.63, 3.8) is 0 Å². The van der Waals surface area contributed by atoms with Crippen LogP contribution in [0.4, 0.5) is 39.5 Å². The molecule has 0 N–H and O–H groups in total. The monoisotopic (exact) mass is 686 g/mol. The standard InChI is InChI=1S/C33H23F9O4S/c34-30(35,32(38,39)40)31(36,37)33(41,42)47(43,44)46-26-13-7-12-24(19-26)29-27(22-10-5-2-6-11-22)16-14-23-18-25(15-17-28(23)29)45-20-21-8-3-1-4-9-21/h1-13,15,17-19H,14,16,20H2. The molecule has 4 aromatic carbocycles. The number of hydrogen-bond donors (Lipinski definition) is 0. The van der Waals surface area contributed by atoms with Crippen LogP contribution in [0.3, 0.4) is 0 Å². The minimum absolute atomic E-state index is 0.158. The lowest BCUT2D eigenvalue weighted by atomic mass is 9.79. The van der Waals surface area contributed by atoms with Crippen LogP contribution in [-0.2, 0) is 23.1 Å². The highest BCUT2D eigenvalue weighted by Gasteiger charge is 2.86. The molecular weight excluding hydrogens is 663 g/mol. The third kappa shape index (κ3) is 6.30. The zero-order chi connectivity index (χ0) is 34.3. The zero-order valence-corrected chi connectivity index (χ0v) is 24.7. The van der Waals surface area contributed by atoms with E-state index in [4.69, 9.17) is 4.74 Å². The van der Waals surface area contributed by atoms with Crippen molar-refractivity contribution < 1.29 is 56.9 Å². The smallest absolute Gasteiger partial charge is 0.460 e. The van der Waals surface area contributed by atoms with Gasteiger partial charge in [-0.2, -0.15) is 47.9 Å². The van der Waals surface area contributed by atoms with Crippen LogP contribution >= 0.6 is 0 Å². The summed E-state index contributed by atoms with van der Waals surface area (Å²) in [6.07, 6.45) is -6.23. The number of aryl methyl sites for hydroxylation is 1. The maximum atomic E-state index is 14.4. The Hall–Kier alpha value is -4.46. The molecule has 5 rings (SSSR count). The van der Waals surface area contributed by atoms with E-state index in [0.29, 0.717) is 29.7 Å². The highest BCUT2D eigenvalue weighted by Crippen LogP contribution is 2.55. The van der Waals surface area contributed by atoms with Gasteiger partial charge < -0.3 is 8.92 Å². The summed E-state index contributed by atoms with van der Waals surface area (Å²) in [7, 11) is -7.12. The molecule has 0 bridgehead atoms. The molecule has 0 fully saturated rings. The van der Waals surface area contributed by atoms with E-state index in [2.05, 4.69) is 4.18 Å². The largest absolute Gasteiger partial charge is 0.489 e. The van der Waals surface area contributed by atoms with E-state index in [9.17, 15) is 47.9 Å². The number of ether oxygens (including phenoxy) is 1. The van der Waals surface area contributed by atoms with E-state index in [1.54, 1.807) is 48.5 Å². The van der Waals surface area contributed by atoms with Crippen molar-refractivity contribution in [3.8, 4) is 11.5 Å². The second-order valence-corrected chi connectivity index (χ2v) is 12.1. The van der Waals surface area contributed by atoms with Gasteiger partial charge in [0.2, 0.25) is 0 Å². The van der Waals surface area contributed by atoms with Crippen LogP contribution in [0, 0.1) is 0 Å². The molecule has 14 heteroatoms. The molecule has 0 saturated carbocycles. The number of allylic oxidation sites excluding steroid dienone is 1. The summed E-state index contributed by atoms with van der Waals surface area (Å²) in [5, 5.41) is -6.99. The van der Waals surface area contributed by atoms with Crippen LogP contribution in [-0.4, -0.2) is 31.7 Å². The first-order valence-electron chi connectivity index (χ1n) is 13.8. The predicted octanol–water partition coefficient (Wildman–Crippen LogP) is 9.31. The average Bonchev–Trinajstić information content (AvgIpc) is 3.03. The molecule has 0 heterocycles. The van der Waals surface area contributed by atoms with Crippen molar-refractivity contribution in [1.29, 1.82) is 0 Å². The molecule has 4 nitrogen and oxygen atoms in total. The first-order chi connectivity index (χ1) is 22.0. The Morgan fingerprint density at radius 2 is 1.23 bits per heavy atom. The number of rotatable bonds is 10. The van der Waals surface area contributed by atoms with Crippen molar-refractivity contribution in [3.05, 3.63) is 131 Å². The van der Waals surface area contributed by atoms with Gasteiger partial charge in [-0.1, -0.05) is 78.9 Å². The van der Waals surface area contributed by atoms with Gasteiger partial charge in [0.1, 0.15) is 18.1 Å². The van der Waals surface area contributed by atoms with Crippen molar-refractivity contribution >= 4 is 21.3 Å². The molecule has 47 heavy (non-hydrogen) atoms. The second-order valence-electron chi connectivity index (χ2n) is 10.5. The lowest BCUT2D eigenvalue weighted by molar-refractivity contribution is -0.382. The summed E-state index contributed by atoms with van der Waals surface area (Å²) in [4.78, 5) is 0. The van der Waals surface area contributed by atoms with E-state index < -0.39 is 39.1 Å². The van der Waals surface area contributed by atoms with Gasteiger partial charge in [0, 0.05) is 0 Å². The molecule has 0 spiro atoms. The molecule has 0 radical (unpaired) electrons. The Balaban J connectivity index is 1.53. The molecule has 1 aliphatic rings. The third-order valence-corrected chi connectivity index (χ3v) is 8.72. The normalized spacial score (nSPS) is 14.5. The SMILES string of the molecule is O=S(=O)(Oc1cccc(C2=C(c3ccccc3)CCc3cc(OCc4ccccc4)ccc32)c1)C(F)(F)C(F)(F)C(F)(F)C(F)(F)F. The second kappa shape index (κ2) is 12.3. The minimum Gasteiger partial charge on any atom is -0.489 e. The molecule has 1 aliphatic carbocycles. The van der Waals surface area contributed by atoms with Gasteiger partial charge in [-0.05, 0) is 76.1 Å². The third-order valence-electron chi connectivity index (χ3n) is 7.42. The molecule has 0 amide bonds. The number of halogens is 9. The molecule has 0 aliphatic heterocycles. The Bertz CT molecular complexity index is 1890. The molecule has 0 aromatic heterocycles. The summed E-state index contributed by atoms with van der Waals surface area (Å²) in [5.74, 6) is -15.3. The lowest BCUT2D eigenvalue weighted by Crippen LogP contribution is -2.63. The van der Waals surface area contributed by atoms with Crippen molar-refractivity contribution in [2.24, 2.45) is 0 Å². The molecule has 0 saturated heterocycles. The zero-order valence-electron chi connectivity index (χ0n) is 23.9.